The summed E-state index contributed by atoms with van der Waals surface area (Å²) in [5, 5.41) is 8.52. The van der Waals surface area contributed by atoms with Crippen molar-refractivity contribution >= 4 is 11.6 Å². The summed E-state index contributed by atoms with van der Waals surface area (Å²) in [7, 11) is 0. The fourth-order valence-corrected chi connectivity index (χ4v) is 2.72. The normalized spacial score (nSPS) is 22.8. The molecular formula is C14H16ClN3O. The molecule has 0 N–H and O–H groups in total. The maximum atomic E-state index is 5.98. The van der Waals surface area contributed by atoms with E-state index in [0.717, 1.165) is 36.8 Å². The molecule has 0 amide bonds. The van der Waals surface area contributed by atoms with Gasteiger partial charge >= 0.3 is 0 Å². The van der Waals surface area contributed by atoms with Crippen LogP contribution in [0.25, 0.3) is 5.69 Å². The Labute approximate surface area is 117 Å². The zero-order chi connectivity index (χ0) is 13.3. The van der Waals surface area contributed by atoms with Crippen LogP contribution >= 0.6 is 11.6 Å². The maximum Gasteiger partial charge on any atom is 0.169 e. The Morgan fingerprint density at radius 3 is 2.74 bits per heavy atom. The minimum atomic E-state index is -0.368. The lowest BCUT2D eigenvalue weighted by Gasteiger charge is -2.23. The van der Waals surface area contributed by atoms with E-state index in [-0.39, 0.29) is 5.60 Å². The number of nitrogens with zero attached hydrogens (tertiary/aromatic N) is 3. The summed E-state index contributed by atoms with van der Waals surface area (Å²) in [4.78, 5) is 0. The fourth-order valence-electron chi connectivity index (χ4n) is 2.55. The molecule has 19 heavy (non-hydrogen) atoms. The van der Waals surface area contributed by atoms with Gasteiger partial charge in [0.1, 0.15) is 5.60 Å². The van der Waals surface area contributed by atoms with Gasteiger partial charge < -0.3 is 4.74 Å². The molecule has 3 rings (SSSR count). The third kappa shape index (κ3) is 2.15. The highest BCUT2D eigenvalue weighted by Gasteiger charge is 2.37. The lowest BCUT2D eigenvalue weighted by atomic mass is 10.0. The molecular weight excluding hydrogens is 262 g/mol. The SMILES string of the molecule is CC1(c2nnc(CCl)n2-c2ccccc2)CCCO1. The Morgan fingerprint density at radius 1 is 1.32 bits per heavy atom. The number of hydrogen-bond donors (Lipinski definition) is 0. The van der Waals surface area contributed by atoms with Crippen LogP contribution in [0.3, 0.4) is 0 Å². The zero-order valence-corrected chi connectivity index (χ0v) is 11.6. The van der Waals surface area contributed by atoms with Crippen molar-refractivity contribution in [3.63, 3.8) is 0 Å². The van der Waals surface area contributed by atoms with Crippen LogP contribution in [0.5, 0.6) is 0 Å². The molecule has 1 fully saturated rings. The second kappa shape index (κ2) is 4.94. The number of rotatable bonds is 3. The van der Waals surface area contributed by atoms with E-state index in [0.29, 0.717) is 5.88 Å². The Balaban J connectivity index is 2.14. The fraction of sp³-hybridized carbons (Fsp3) is 0.429. The van der Waals surface area contributed by atoms with Crippen molar-refractivity contribution in [3.05, 3.63) is 42.0 Å². The molecule has 5 heteroatoms. The topological polar surface area (TPSA) is 39.9 Å². The van der Waals surface area contributed by atoms with Crippen LogP contribution in [0.15, 0.2) is 30.3 Å². The average Bonchev–Trinajstić information content (AvgIpc) is 3.06. The van der Waals surface area contributed by atoms with Crippen LogP contribution in [0.4, 0.5) is 0 Å². The third-order valence-electron chi connectivity index (χ3n) is 3.56. The standard InChI is InChI=1S/C14H16ClN3O/c1-14(8-5-9-19-14)13-17-16-12(10-15)18(13)11-6-3-2-4-7-11/h2-4,6-7H,5,8-10H2,1H3. The largest absolute Gasteiger partial charge is 0.367 e. The second-order valence-electron chi connectivity index (χ2n) is 4.93. The van der Waals surface area contributed by atoms with E-state index in [2.05, 4.69) is 17.1 Å². The Morgan fingerprint density at radius 2 is 2.11 bits per heavy atom. The van der Waals surface area contributed by atoms with Crippen molar-refractivity contribution in [1.29, 1.82) is 0 Å². The highest BCUT2D eigenvalue weighted by molar-refractivity contribution is 6.16. The van der Waals surface area contributed by atoms with Gasteiger partial charge in [0.25, 0.3) is 0 Å². The van der Waals surface area contributed by atoms with Gasteiger partial charge in [-0.05, 0) is 31.9 Å². The van der Waals surface area contributed by atoms with Gasteiger partial charge in [-0.25, -0.2) is 0 Å². The lowest BCUT2D eigenvalue weighted by Crippen LogP contribution is -2.25. The first-order valence-corrected chi connectivity index (χ1v) is 6.98. The van der Waals surface area contributed by atoms with E-state index >= 15 is 0 Å². The molecule has 0 bridgehead atoms. The van der Waals surface area contributed by atoms with E-state index in [1.807, 2.05) is 34.9 Å². The van der Waals surface area contributed by atoms with Crippen LogP contribution in [0.1, 0.15) is 31.4 Å². The summed E-state index contributed by atoms with van der Waals surface area (Å²) < 4.78 is 7.89. The molecule has 0 aliphatic carbocycles. The van der Waals surface area contributed by atoms with Crippen molar-refractivity contribution in [1.82, 2.24) is 14.8 Å². The van der Waals surface area contributed by atoms with E-state index in [9.17, 15) is 0 Å². The van der Waals surface area contributed by atoms with Crippen molar-refractivity contribution in [2.45, 2.75) is 31.2 Å². The van der Waals surface area contributed by atoms with Crippen molar-refractivity contribution in [2.24, 2.45) is 0 Å². The minimum absolute atomic E-state index is 0.331. The van der Waals surface area contributed by atoms with Crippen LogP contribution in [-0.2, 0) is 16.2 Å². The molecule has 100 valence electrons. The van der Waals surface area contributed by atoms with E-state index < -0.39 is 0 Å². The minimum Gasteiger partial charge on any atom is -0.367 e. The molecule has 1 aliphatic rings. The number of para-hydroxylation sites is 1. The summed E-state index contributed by atoms with van der Waals surface area (Å²) in [6.07, 6.45) is 2.01. The first kappa shape index (κ1) is 12.6. The first-order chi connectivity index (χ1) is 9.24. The van der Waals surface area contributed by atoms with Gasteiger partial charge in [0, 0.05) is 12.3 Å². The van der Waals surface area contributed by atoms with Crippen LogP contribution in [0.2, 0.25) is 0 Å². The van der Waals surface area contributed by atoms with E-state index in [1.165, 1.54) is 0 Å². The molecule has 0 spiro atoms. The summed E-state index contributed by atoms with van der Waals surface area (Å²) >= 11 is 5.98. The highest BCUT2D eigenvalue weighted by atomic mass is 35.5. The monoisotopic (exact) mass is 277 g/mol. The third-order valence-corrected chi connectivity index (χ3v) is 3.79. The van der Waals surface area contributed by atoms with Crippen LogP contribution in [0, 0.1) is 0 Å². The Hall–Kier alpha value is -1.39. The number of ether oxygens (including phenoxy) is 1. The number of benzene rings is 1. The molecule has 2 aromatic rings. The number of alkyl halides is 1. The number of halogens is 1. The van der Waals surface area contributed by atoms with E-state index in [4.69, 9.17) is 16.3 Å². The number of aromatic nitrogens is 3. The van der Waals surface area contributed by atoms with Gasteiger partial charge in [0.05, 0.1) is 5.88 Å². The molecule has 1 aromatic carbocycles. The molecule has 1 aromatic heterocycles. The molecule has 1 saturated heterocycles. The molecule has 1 atom stereocenters. The van der Waals surface area contributed by atoms with Crippen LogP contribution < -0.4 is 0 Å². The Kier molecular flexibility index (Phi) is 3.29. The van der Waals surface area contributed by atoms with Gasteiger partial charge in [-0.1, -0.05) is 18.2 Å². The average molecular weight is 278 g/mol. The molecule has 4 nitrogen and oxygen atoms in total. The summed E-state index contributed by atoms with van der Waals surface area (Å²) in [5.74, 6) is 1.92. The van der Waals surface area contributed by atoms with Gasteiger partial charge in [-0.15, -0.1) is 21.8 Å². The van der Waals surface area contributed by atoms with E-state index in [1.54, 1.807) is 0 Å². The second-order valence-corrected chi connectivity index (χ2v) is 5.19. The zero-order valence-electron chi connectivity index (χ0n) is 10.8. The predicted octanol–water partition coefficient (Wildman–Crippen LogP) is 3.03. The quantitative estimate of drug-likeness (QED) is 0.810. The summed E-state index contributed by atoms with van der Waals surface area (Å²) in [6.45, 7) is 2.84. The summed E-state index contributed by atoms with van der Waals surface area (Å²) in [5.41, 5.74) is 0.655. The van der Waals surface area contributed by atoms with Gasteiger partial charge in [0.15, 0.2) is 11.6 Å². The molecule has 1 aliphatic heterocycles. The van der Waals surface area contributed by atoms with Crippen molar-refractivity contribution in [2.75, 3.05) is 6.61 Å². The molecule has 1 unspecified atom stereocenters. The first-order valence-electron chi connectivity index (χ1n) is 6.45. The lowest BCUT2D eigenvalue weighted by molar-refractivity contribution is 0.00784. The van der Waals surface area contributed by atoms with Crippen LogP contribution in [-0.4, -0.2) is 21.4 Å². The van der Waals surface area contributed by atoms with Gasteiger partial charge in [-0.2, -0.15) is 0 Å². The highest BCUT2D eigenvalue weighted by Crippen LogP contribution is 2.36. The van der Waals surface area contributed by atoms with Crippen molar-refractivity contribution in [3.8, 4) is 5.69 Å². The number of hydrogen-bond acceptors (Lipinski definition) is 3. The maximum absolute atomic E-state index is 5.98. The smallest absolute Gasteiger partial charge is 0.169 e. The van der Waals surface area contributed by atoms with Gasteiger partial charge in [-0.3, -0.25) is 4.57 Å². The molecule has 2 heterocycles. The Bertz CT molecular complexity index is 561. The molecule has 0 radical (unpaired) electrons. The predicted molar refractivity (Wildman–Crippen MR) is 73.5 cm³/mol. The summed E-state index contributed by atoms with van der Waals surface area (Å²) in [6, 6.07) is 10.0. The van der Waals surface area contributed by atoms with Gasteiger partial charge in [0.2, 0.25) is 0 Å². The molecule has 0 saturated carbocycles. The van der Waals surface area contributed by atoms with Crippen molar-refractivity contribution < 1.29 is 4.74 Å².